The number of benzene rings is 1. The topological polar surface area (TPSA) is 38.0 Å². The number of hydrogen-bond acceptors (Lipinski definition) is 2. The minimum Gasteiger partial charge on any atom is -0.271 e. The Labute approximate surface area is 99.3 Å². The van der Waals surface area contributed by atoms with Gasteiger partial charge in [0.1, 0.15) is 0 Å². The molecule has 15 heavy (non-hydrogen) atoms. The fraction of sp³-hybridized carbons (Fsp3) is 0.333. The molecule has 0 aliphatic rings. The fourth-order valence-corrected chi connectivity index (χ4v) is 2.24. The van der Waals surface area contributed by atoms with Gasteiger partial charge in [-0.2, -0.15) is 0 Å². The number of rotatable bonds is 4. The van der Waals surface area contributed by atoms with E-state index in [1.165, 1.54) is 5.56 Å². The van der Waals surface area contributed by atoms with Gasteiger partial charge in [-0.1, -0.05) is 28.1 Å². The van der Waals surface area contributed by atoms with Gasteiger partial charge in [-0.05, 0) is 30.5 Å². The Bertz CT molecular complexity index is 368. The summed E-state index contributed by atoms with van der Waals surface area (Å²) in [4.78, 5) is 0. The highest BCUT2D eigenvalue weighted by atomic mass is 79.9. The number of hydrazine groups is 1. The third kappa shape index (κ3) is 3.35. The summed E-state index contributed by atoms with van der Waals surface area (Å²) in [5, 5.41) is 0. The first kappa shape index (κ1) is 12.3. The van der Waals surface area contributed by atoms with Crippen molar-refractivity contribution in [2.75, 3.05) is 0 Å². The molecule has 2 nitrogen and oxygen atoms in total. The van der Waals surface area contributed by atoms with E-state index in [2.05, 4.69) is 52.4 Å². The highest BCUT2D eigenvalue weighted by Crippen LogP contribution is 2.26. The first-order valence-corrected chi connectivity index (χ1v) is 5.64. The molecular weight excluding hydrogens is 252 g/mol. The summed E-state index contributed by atoms with van der Waals surface area (Å²) in [6.07, 6.45) is 6.80. The molecule has 1 rings (SSSR count). The summed E-state index contributed by atoms with van der Waals surface area (Å²) in [7, 11) is 0. The summed E-state index contributed by atoms with van der Waals surface area (Å²) >= 11 is 3.53. The van der Waals surface area contributed by atoms with E-state index in [1.807, 2.05) is 0 Å². The number of aryl methyl sites for hydroxylation is 1. The van der Waals surface area contributed by atoms with Gasteiger partial charge >= 0.3 is 0 Å². The average Bonchev–Trinajstić information content (AvgIpc) is 2.21. The Kier molecular flexibility index (Phi) is 4.83. The third-order valence-electron chi connectivity index (χ3n) is 2.31. The zero-order valence-electron chi connectivity index (χ0n) is 8.76. The van der Waals surface area contributed by atoms with Crippen LogP contribution in [-0.4, -0.2) is 0 Å². The van der Waals surface area contributed by atoms with E-state index in [9.17, 15) is 0 Å². The second kappa shape index (κ2) is 5.92. The number of halogens is 1. The molecule has 80 valence electrons. The zero-order valence-corrected chi connectivity index (χ0v) is 10.3. The highest BCUT2D eigenvalue weighted by Gasteiger charge is 2.11. The standard InChI is InChI=1S/C12H15BrN2/c1-3-4-5-12(15-14)10-7-6-9(2)8-11(10)13/h1,6-8,12,15H,4-5,14H2,2H3. The van der Waals surface area contributed by atoms with E-state index < -0.39 is 0 Å². The molecule has 0 aliphatic heterocycles. The lowest BCUT2D eigenvalue weighted by molar-refractivity contribution is 0.522. The average molecular weight is 267 g/mol. The van der Waals surface area contributed by atoms with Gasteiger partial charge in [-0.3, -0.25) is 11.3 Å². The molecule has 3 N–H and O–H groups in total. The molecule has 1 atom stereocenters. The van der Waals surface area contributed by atoms with Gasteiger partial charge in [0, 0.05) is 16.9 Å². The Morgan fingerprint density at radius 3 is 2.87 bits per heavy atom. The molecular formula is C12H15BrN2. The van der Waals surface area contributed by atoms with E-state index in [0.29, 0.717) is 0 Å². The van der Waals surface area contributed by atoms with Crippen LogP contribution in [0.1, 0.15) is 30.0 Å². The first-order valence-electron chi connectivity index (χ1n) is 4.84. The summed E-state index contributed by atoms with van der Waals surface area (Å²) in [6, 6.07) is 6.33. The van der Waals surface area contributed by atoms with Crippen LogP contribution in [0, 0.1) is 19.3 Å². The van der Waals surface area contributed by atoms with Gasteiger partial charge < -0.3 is 0 Å². The molecule has 0 fully saturated rings. The summed E-state index contributed by atoms with van der Waals surface area (Å²) < 4.78 is 1.07. The summed E-state index contributed by atoms with van der Waals surface area (Å²) in [5.74, 6) is 8.14. The third-order valence-corrected chi connectivity index (χ3v) is 3.00. The second-order valence-corrected chi connectivity index (χ2v) is 4.34. The Hall–Kier alpha value is -0.820. The van der Waals surface area contributed by atoms with Crippen LogP contribution in [0.5, 0.6) is 0 Å². The predicted octanol–water partition coefficient (Wildman–Crippen LogP) is 2.68. The largest absolute Gasteiger partial charge is 0.271 e. The van der Waals surface area contributed by atoms with Gasteiger partial charge in [0.25, 0.3) is 0 Å². The zero-order chi connectivity index (χ0) is 11.3. The van der Waals surface area contributed by atoms with Crippen molar-refractivity contribution >= 4 is 15.9 Å². The molecule has 0 saturated carbocycles. The lowest BCUT2D eigenvalue weighted by atomic mass is 10.0. The number of terminal acetylenes is 1. The monoisotopic (exact) mass is 266 g/mol. The Morgan fingerprint density at radius 1 is 1.60 bits per heavy atom. The van der Waals surface area contributed by atoms with Crippen molar-refractivity contribution in [2.24, 2.45) is 5.84 Å². The van der Waals surface area contributed by atoms with Crippen LogP contribution in [-0.2, 0) is 0 Å². The maximum atomic E-state index is 5.51. The van der Waals surface area contributed by atoms with E-state index in [1.54, 1.807) is 0 Å². The van der Waals surface area contributed by atoms with Crippen molar-refractivity contribution in [3.05, 3.63) is 33.8 Å². The quantitative estimate of drug-likeness (QED) is 0.500. The van der Waals surface area contributed by atoms with Crippen molar-refractivity contribution in [3.63, 3.8) is 0 Å². The van der Waals surface area contributed by atoms with Crippen molar-refractivity contribution in [2.45, 2.75) is 25.8 Å². The van der Waals surface area contributed by atoms with Crippen LogP contribution in [0.25, 0.3) is 0 Å². The van der Waals surface area contributed by atoms with E-state index in [0.717, 1.165) is 22.9 Å². The maximum Gasteiger partial charge on any atom is 0.0480 e. The summed E-state index contributed by atoms with van der Waals surface area (Å²) in [6.45, 7) is 2.06. The van der Waals surface area contributed by atoms with Crippen molar-refractivity contribution in [1.29, 1.82) is 0 Å². The molecule has 0 aliphatic carbocycles. The van der Waals surface area contributed by atoms with Crippen molar-refractivity contribution in [3.8, 4) is 12.3 Å². The lowest BCUT2D eigenvalue weighted by Gasteiger charge is -2.17. The van der Waals surface area contributed by atoms with Crippen LogP contribution >= 0.6 is 15.9 Å². The predicted molar refractivity (Wildman–Crippen MR) is 67.0 cm³/mol. The fourth-order valence-electron chi connectivity index (χ4n) is 1.47. The summed E-state index contributed by atoms with van der Waals surface area (Å²) in [5.41, 5.74) is 5.16. The second-order valence-electron chi connectivity index (χ2n) is 3.49. The van der Waals surface area contributed by atoms with Crippen molar-refractivity contribution < 1.29 is 0 Å². The number of hydrogen-bond donors (Lipinski definition) is 2. The molecule has 3 heteroatoms. The van der Waals surface area contributed by atoms with Crippen molar-refractivity contribution in [1.82, 2.24) is 5.43 Å². The van der Waals surface area contributed by atoms with E-state index in [4.69, 9.17) is 12.3 Å². The molecule has 0 spiro atoms. The maximum absolute atomic E-state index is 5.51. The van der Waals surface area contributed by atoms with Crippen LogP contribution < -0.4 is 11.3 Å². The van der Waals surface area contributed by atoms with Gasteiger partial charge in [0.15, 0.2) is 0 Å². The Balaban J connectivity index is 2.87. The number of nitrogens with two attached hydrogens (primary N) is 1. The molecule has 1 unspecified atom stereocenters. The Morgan fingerprint density at radius 2 is 2.33 bits per heavy atom. The van der Waals surface area contributed by atoms with Crippen LogP contribution in [0.3, 0.4) is 0 Å². The van der Waals surface area contributed by atoms with Gasteiger partial charge in [-0.25, -0.2) is 0 Å². The molecule has 0 radical (unpaired) electrons. The number of nitrogens with one attached hydrogen (secondary N) is 1. The minimum absolute atomic E-state index is 0.107. The molecule has 1 aromatic carbocycles. The van der Waals surface area contributed by atoms with Crippen LogP contribution in [0.2, 0.25) is 0 Å². The molecule has 0 saturated heterocycles. The van der Waals surface area contributed by atoms with Gasteiger partial charge in [-0.15, -0.1) is 12.3 Å². The molecule has 1 aromatic rings. The van der Waals surface area contributed by atoms with Crippen LogP contribution in [0.4, 0.5) is 0 Å². The molecule has 0 aromatic heterocycles. The SMILES string of the molecule is C#CCCC(NN)c1ccc(C)cc1Br. The smallest absolute Gasteiger partial charge is 0.0480 e. The van der Waals surface area contributed by atoms with Gasteiger partial charge in [0.05, 0.1) is 0 Å². The normalized spacial score (nSPS) is 12.1. The van der Waals surface area contributed by atoms with Crippen LogP contribution in [0.15, 0.2) is 22.7 Å². The first-order chi connectivity index (χ1) is 7.19. The van der Waals surface area contributed by atoms with E-state index >= 15 is 0 Å². The molecule has 0 bridgehead atoms. The van der Waals surface area contributed by atoms with Gasteiger partial charge in [0.2, 0.25) is 0 Å². The molecule has 0 heterocycles. The minimum atomic E-state index is 0.107. The molecule has 0 amide bonds. The highest BCUT2D eigenvalue weighted by molar-refractivity contribution is 9.10. The lowest BCUT2D eigenvalue weighted by Crippen LogP contribution is -2.28. The van der Waals surface area contributed by atoms with E-state index in [-0.39, 0.29) is 6.04 Å².